The van der Waals surface area contributed by atoms with Gasteiger partial charge in [-0.25, -0.2) is 0 Å². The quantitative estimate of drug-likeness (QED) is 0.780. The molecule has 1 aliphatic heterocycles. The number of benzene rings is 1. The van der Waals surface area contributed by atoms with Crippen LogP contribution in [0.4, 0.5) is 0 Å². The van der Waals surface area contributed by atoms with Crippen molar-refractivity contribution in [1.82, 2.24) is 9.88 Å². The number of nitrogens with one attached hydrogen (secondary N) is 1. The van der Waals surface area contributed by atoms with Crippen molar-refractivity contribution in [3.63, 3.8) is 0 Å². The van der Waals surface area contributed by atoms with Gasteiger partial charge >= 0.3 is 0 Å². The van der Waals surface area contributed by atoms with E-state index in [-0.39, 0.29) is 31.0 Å². The average Bonchev–Trinajstić information content (AvgIpc) is 3.37. The Labute approximate surface area is 168 Å². The van der Waals surface area contributed by atoms with Gasteiger partial charge in [-0.15, -0.1) is 0 Å². The summed E-state index contributed by atoms with van der Waals surface area (Å²) in [5, 5.41) is 2.28. The first kappa shape index (κ1) is 17.8. The molecular formula is C23H22N2O4. The Kier molecular flexibility index (Phi) is 4.27. The van der Waals surface area contributed by atoms with Crippen molar-refractivity contribution in [1.29, 1.82) is 0 Å². The van der Waals surface area contributed by atoms with Crippen molar-refractivity contribution >= 4 is 24.3 Å². The Morgan fingerprint density at radius 2 is 2.17 bits per heavy atom. The summed E-state index contributed by atoms with van der Waals surface area (Å²) in [5.41, 5.74) is 3.31. The van der Waals surface area contributed by atoms with E-state index in [1.54, 1.807) is 7.05 Å². The van der Waals surface area contributed by atoms with Crippen molar-refractivity contribution in [3.8, 4) is 11.5 Å². The van der Waals surface area contributed by atoms with Crippen LogP contribution in [0.2, 0.25) is 0 Å². The van der Waals surface area contributed by atoms with Gasteiger partial charge in [0.25, 0.3) is 0 Å². The van der Waals surface area contributed by atoms with E-state index in [0.29, 0.717) is 18.6 Å². The molecule has 1 amide bonds. The van der Waals surface area contributed by atoms with E-state index in [1.807, 2.05) is 18.2 Å². The molecule has 0 spiro atoms. The zero-order chi connectivity index (χ0) is 20.0. The van der Waals surface area contributed by atoms with E-state index in [9.17, 15) is 9.59 Å². The molecular weight excluding hydrogens is 368 g/mol. The van der Waals surface area contributed by atoms with Gasteiger partial charge in [-0.2, -0.15) is 0 Å². The lowest BCUT2D eigenvalue weighted by atomic mass is 9.84. The summed E-state index contributed by atoms with van der Waals surface area (Å²) in [5.74, 6) is 1.17. The Hall–Kier alpha value is -3.28. The number of nitrogens with zero attached hydrogens (tertiary/aromatic N) is 1. The topological polar surface area (TPSA) is 71.6 Å². The summed E-state index contributed by atoms with van der Waals surface area (Å²) in [4.78, 5) is 29.2. The van der Waals surface area contributed by atoms with Crippen LogP contribution in [0.25, 0.3) is 12.2 Å². The number of amides is 1. The number of aromatic amines is 1. The summed E-state index contributed by atoms with van der Waals surface area (Å²) < 4.78 is 11.0. The minimum atomic E-state index is -0.228. The number of fused-ring (bicyclic) bond motifs is 4. The standard InChI is InChI=1S/C23H22N2O4/c1-25(12-26)11-19(27)17-10-16-15-5-3-2-4-6-18(15)24-23(16)22(17)14-7-8-20-21(9-14)29-13-28-20/h2,4-9,12,17,22,24H,3,10-11,13H2,1H3/t17?,22-/m0/s1. The molecule has 1 aromatic carbocycles. The zero-order valence-electron chi connectivity index (χ0n) is 16.2. The van der Waals surface area contributed by atoms with Crippen LogP contribution in [-0.4, -0.2) is 42.5 Å². The number of Topliss-reactive ketones (excluding diaryl/α,β-unsaturated/α-hetero) is 1. The Bertz CT molecular complexity index is 1140. The summed E-state index contributed by atoms with van der Waals surface area (Å²) in [6, 6.07) is 5.89. The molecule has 1 unspecified atom stereocenters. The predicted molar refractivity (Wildman–Crippen MR) is 108 cm³/mol. The maximum Gasteiger partial charge on any atom is 0.231 e. The third kappa shape index (κ3) is 2.95. The van der Waals surface area contributed by atoms with Gasteiger partial charge in [0, 0.05) is 29.9 Å². The van der Waals surface area contributed by atoms with Gasteiger partial charge in [-0.1, -0.05) is 24.3 Å². The molecule has 1 aromatic heterocycles. The van der Waals surface area contributed by atoms with Crippen LogP contribution in [0.3, 0.4) is 0 Å². The van der Waals surface area contributed by atoms with E-state index in [4.69, 9.17) is 9.47 Å². The highest BCUT2D eigenvalue weighted by molar-refractivity contribution is 5.87. The molecule has 6 heteroatoms. The largest absolute Gasteiger partial charge is 0.454 e. The van der Waals surface area contributed by atoms with E-state index >= 15 is 0 Å². The Morgan fingerprint density at radius 1 is 1.31 bits per heavy atom. The SMILES string of the molecule is CN(C=O)CC(=O)C1Cc2c([nH]c3c2=CCC=CC=3)[C@H]1c1ccc2c(c1)OCO2. The first-order valence-corrected chi connectivity index (χ1v) is 9.81. The van der Waals surface area contributed by atoms with Crippen LogP contribution in [-0.2, 0) is 16.0 Å². The number of carbonyl (C=O) groups excluding carboxylic acids is 2. The number of hydrogen-bond donors (Lipinski definition) is 1. The number of allylic oxidation sites excluding steroid dienone is 2. The van der Waals surface area contributed by atoms with Gasteiger partial charge in [0.05, 0.1) is 6.54 Å². The summed E-state index contributed by atoms with van der Waals surface area (Å²) in [6.07, 6.45) is 10.7. The van der Waals surface area contributed by atoms with Crippen LogP contribution >= 0.6 is 0 Å². The van der Waals surface area contributed by atoms with E-state index in [1.165, 1.54) is 15.7 Å². The second kappa shape index (κ2) is 6.95. The van der Waals surface area contributed by atoms with E-state index in [2.05, 4.69) is 29.3 Å². The monoisotopic (exact) mass is 390 g/mol. The molecule has 148 valence electrons. The smallest absolute Gasteiger partial charge is 0.231 e. The van der Waals surface area contributed by atoms with Crippen LogP contribution in [0.1, 0.15) is 29.2 Å². The highest BCUT2D eigenvalue weighted by Crippen LogP contribution is 2.44. The molecule has 0 bridgehead atoms. The lowest BCUT2D eigenvalue weighted by Crippen LogP contribution is -2.33. The van der Waals surface area contributed by atoms with Gasteiger partial charge in [0.1, 0.15) is 0 Å². The predicted octanol–water partition coefficient (Wildman–Crippen LogP) is 1.23. The van der Waals surface area contributed by atoms with Crippen LogP contribution in [0.5, 0.6) is 11.5 Å². The lowest BCUT2D eigenvalue weighted by Gasteiger charge is -2.22. The van der Waals surface area contributed by atoms with Gasteiger partial charge in [0.2, 0.25) is 13.2 Å². The van der Waals surface area contributed by atoms with Gasteiger partial charge in [-0.3, -0.25) is 9.59 Å². The molecule has 3 aliphatic rings. The molecule has 1 N–H and O–H groups in total. The minimum Gasteiger partial charge on any atom is -0.454 e. The third-order valence-corrected chi connectivity index (χ3v) is 5.96. The summed E-state index contributed by atoms with van der Waals surface area (Å²) >= 11 is 0. The molecule has 2 aliphatic carbocycles. The van der Waals surface area contributed by atoms with Crippen LogP contribution in [0, 0.1) is 5.92 Å². The number of ether oxygens (including phenoxy) is 2. The van der Waals surface area contributed by atoms with Crippen molar-refractivity contribution < 1.29 is 19.1 Å². The number of likely N-dealkylation sites (N-methyl/N-ethyl adjacent to an activating group) is 1. The van der Waals surface area contributed by atoms with Gasteiger partial charge < -0.3 is 19.4 Å². The van der Waals surface area contributed by atoms with E-state index in [0.717, 1.165) is 28.8 Å². The van der Waals surface area contributed by atoms with Crippen molar-refractivity contribution in [2.24, 2.45) is 5.92 Å². The first-order chi connectivity index (χ1) is 14.2. The lowest BCUT2D eigenvalue weighted by molar-refractivity contribution is -0.128. The molecule has 2 heterocycles. The molecule has 2 atom stereocenters. The fraction of sp³-hybridized carbons (Fsp3) is 0.304. The number of hydrogen-bond acceptors (Lipinski definition) is 4. The Morgan fingerprint density at radius 3 is 3.03 bits per heavy atom. The molecule has 0 radical (unpaired) electrons. The molecule has 29 heavy (non-hydrogen) atoms. The minimum absolute atomic E-state index is 0.0661. The van der Waals surface area contributed by atoms with Gasteiger partial charge in [0.15, 0.2) is 17.3 Å². The summed E-state index contributed by atoms with van der Waals surface area (Å²) in [6.45, 7) is 0.327. The normalized spacial score (nSPS) is 20.9. The average molecular weight is 390 g/mol. The van der Waals surface area contributed by atoms with Crippen molar-refractivity contribution in [3.05, 3.63) is 57.7 Å². The maximum absolute atomic E-state index is 13.1. The number of ketones is 1. The maximum atomic E-state index is 13.1. The number of carbonyl (C=O) groups is 2. The fourth-order valence-corrected chi connectivity index (χ4v) is 4.62. The zero-order valence-corrected chi connectivity index (χ0v) is 16.2. The van der Waals surface area contributed by atoms with Crippen molar-refractivity contribution in [2.75, 3.05) is 20.4 Å². The molecule has 0 saturated carbocycles. The van der Waals surface area contributed by atoms with Crippen molar-refractivity contribution in [2.45, 2.75) is 18.8 Å². The summed E-state index contributed by atoms with van der Waals surface area (Å²) in [7, 11) is 1.63. The molecule has 0 saturated heterocycles. The highest BCUT2D eigenvalue weighted by Gasteiger charge is 2.40. The van der Waals surface area contributed by atoms with Gasteiger partial charge in [-0.05, 0) is 47.4 Å². The first-order valence-electron chi connectivity index (χ1n) is 9.81. The molecule has 5 rings (SSSR count). The highest BCUT2D eigenvalue weighted by atomic mass is 16.7. The molecule has 6 nitrogen and oxygen atoms in total. The number of aromatic nitrogens is 1. The fourth-order valence-electron chi connectivity index (χ4n) is 4.62. The van der Waals surface area contributed by atoms with Crippen LogP contribution < -0.4 is 20.0 Å². The second-order valence-corrected chi connectivity index (χ2v) is 7.77. The molecule has 2 aromatic rings. The van der Waals surface area contributed by atoms with Crippen LogP contribution in [0.15, 0.2) is 30.4 Å². The molecule has 0 fully saturated rings. The van der Waals surface area contributed by atoms with E-state index < -0.39 is 0 Å². The number of H-pyrrole nitrogens is 1. The number of rotatable bonds is 5. The Balaban J connectivity index is 1.62. The third-order valence-electron chi connectivity index (χ3n) is 5.96. The second-order valence-electron chi connectivity index (χ2n) is 7.77.